The quantitative estimate of drug-likeness (QED) is 0.818. The van der Waals surface area contributed by atoms with Crippen molar-refractivity contribution in [1.82, 2.24) is 10.6 Å². The molecule has 4 nitrogen and oxygen atoms in total. The van der Waals surface area contributed by atoms with E-state index in [2.05, 4.69) is 26.6 Å². The van der Waals surface area contributed by atoms with Crippen LogP contribution in [0.5, 0.6) is 0 Å². The van der Waals surface area contributed by atoms with E-state index in [1.807, 2.05) is 50.2 Å². The highest BCUT2D eigenvalue weighted by atomic mass is 79.9. The van der Waals surface area contributed by atoms with Crippen LogP contribution in [0.15, 0.2) is 53.0 Å². The highest BCUT2D eigenvalue weighted by Crippen LogP contribution is 2.22. The predicted octanol–water partition coefficient (Wildman–Crippen LogP) is 3.75. The third-order valence-electron chi connectivity index (χ3n) is 3.75. The number of aryl methyl sites for hydroxylation is 1. The van der Waals surface area contributed by atoms with E-state index in [4.69, 9.17) is 0 Å². The molecule has 0 radical (unpaired) electrons. The van der Waals surface area contributed by atoms with Crippen LogP contribution in [0.1, 0.15) is 41.4 Å². The van der Waals surface area contributed by atoms with Crippen molar-refractivity contribution in [3.05, 3.63) is 69.7 Å². The Bertz CT molecular complexity index is 746. The molecule has 0 bridgehead atoms. The lowest BCUT2D eigenvalue weighted by Crippen LogP contribution is -2.45. The molecule has 126 valence electrons. The molecule has 0 saturated carbocycles. The lowest BCUT2D eigenvalue weighted by molar-refractivity contribution is -0.123. The Morgan fingerprint density at radius 2 is 1.71 bits per heavy atom. The molecule has 0 aromatic heterocycles. The fraction of sp³-hybridized carbons (Fsp3) is 0.263. The zero-order chi connectivity index (χ0) is 17.7. The molecule has 2 rings (SSSR count). The molecule has 0 aliphatic heterocycles. The van der Waals surface area contributed by atoms with Gasteiger partial charge in [-0.25, -0.2) is 0 Å². The van der Waals surface area contributed by atoms with E-state index in [9.17, 15) is 9.59 Å². The second-order valence-corrected chi connectivity index (χ2v) is 6.67. The lowest BCUT2D eigenvalue weighted by Gasteiger charge is -2.19. The van der Waals surface area contributed by atoms with Gasteiger partial charge in [0.25, 0.3) is 5.91 Å². The molecule has 0 saturated heterocycles. The summed E-state index contributed by atoms with van der Waals surface area (Å²) in [6, 6.07) is 14.2. The van der Waals surface area contributed by atoms with Crippen LogP contribution in [0.2, 0.25) is 0 Å². The van der Waals surface area contributed by atoms with Crippen LogP contribution in [0.4, 0.5) is 0 Å². The zero-order valence-electron chi connectivity index (χ0n) is 14.0. The first-order valence-electron chi connectivity index (χ1n) is 7.81. The van der Waals surface area contributed by atoms with Crippen molar-refractivity contribution in [3.8, 4) is 0 Å². The molecule has 2 aromatic carbocycles. The normalized spacial score (nSPS) is 13.0. The maximum absolute atomic E-state index is 12.3. The van der Waals surface area contributed by atoms with E-state index >= 15 is 0 Å². The molecule has 2 unspecified atom stereocenters. The topological polar surface area (TPSA) is 58.2 Å². The average molecular weight is 389 g/mol. The Hall–Kier alpha value is -2.14. The van der Waals surface area contributed by atoms with Crippen LogP contribution < -0.4 is 10.6 Å². The summed E-state index contributed by atoms with van der Waals surface area (Å²) in [7, 11) is 0. The van der Waals surface area contributed by atoms with Crippen LogP contribution in [0, 0.1) is 6.92 Å². The van der Waals surface area contributed by atoms with E-state index in [1.54, 1.807) is 19.1 Å². The molecule has 0 aliphatic rings. The van der Waals surface area contributed by atoms with Crippen molar-refractivity contribution >= 4 is 27.7 Å². The number of nitrogens with one attached hydrogen (secondary N) is 2. The molecule has 2 atom stereocenters. The second-order valence-electron chi connectivity index (χ2n) is 5.82. The number of rotatable bonds is 5. The first kappa shape index (κ1) is 18.2. The average Bonchev–Trinajstić information content (AvgIpc) is 2.55. The molecule has 0 spiro atoms. The third-order valence-corrected chi connectivity index (χ3v) is 4.47. The van der Waals surface area contributed by atoms with E-state index in [-0.39, 0.29) is 17.9 Å². The van der Waals surface area contributed by atoms with Gasteiger partial charge < -0.3 is 10.6 Å². The Morgan fingerprint density at radius 3 is 2.38 bits per heavy atom. The summed E-state index contributed by atoms with van der Waals surface area (Å²) in [4.78, 5) is 24.6. The van der Waals surface area contributed by atoms with Gasteiger partial charge >= 0.3 is 0 Å². The first-order chi connectivity index (χ1) is 11.4. The van der Waals surface area contributed by atoms with Gasteiger partial charge in [-0.05, 0) is 44.5 Å². The maximum atomic E-state index is 12.3. The number of hydrogen-bond acceptors (Lipinski definition) is 2. The number of hydrogen-bond donors (Lipinski definition) is 2. The SMILES string of the molecule is Cc1cccc(C(=O)NC(C)C(=O)NC(C)c2ccccc2Br)c1. The standard InChI is InChI=1S/C19H21BrN2O2/c1-12-7-6-8-15(11-12)19(24)22-14(3)18(23)21-13(2)16-9-4-5-10-17(16)20/h4-11,13-14H,1-3H3,(H,21,23)(H,22,24). The van der Waals surface area contributed by atoms with Gasteiger partial charge in [-0.3, -0.25) is 9.59 Å². The van der Waals surface area contributed by atoms with Crippen molar-refractivity contribution in [3.63, 3.8) is 0 Å². The number of carbonyl (C=O) groups excluding carboxylic acids is 2. The lowest BCUT2D eigenvalue weighted by atomic mass is 10.1. The van der Waals surface area contributed by atoms with E-state index in [0.717, 1.165) is 15.6 Å². The highest BCUT2D eigenvalue weighted by molar-refractivity contribution is 9.10. The summed E-state index contributed by atoms with van der Waals surface area (Å²) in [6.45, 7) is 5.51. The Morgan fingerprint density at radius 1 is 1.00 bits per heavy atom. The van der Waals surface area contributed by atoms with Gasteiger partial charge in [0.2, 0.25) is 5.91 Å². The molecule has 2 aromatic rings. The van der Waals surface area contributed by atoms with Crippen molar-refractivity contribution in [2.24, 2.45) is 0 Å². The van der Waals surface area contributed by atoms with Gasteiger partial charge in [-0.1, -0.05) is 51.8 Å². The van der Waals surface area contributed by atoms with Gasteiger partial charge in [0.1, 0.15) is 6.04 Å². The van der Waals surface area contributed by atoms with Crippen LogP contribution in [-0.4, -0.2) is 17.9 Å². The smallest absolute Gasteiger partial charge is 0.251 e. The first-order valence-corrected chi connectivity index (χ1v) is 8.60. The highest BCUT2D eigenvalue weighted by Gasteiger charge is 2.19. The Balaban J connectivity index is 1.97. The summed E-state index contributed by atoms with van der Waals surface area (Å²) in [5.41, 5.74) is 2.54. The molecule has 0 fully saturated rings. The van der Waals surface area contributed by atoms with Gasteiger partial charge in [-0.2, -0.15) is 0 Å². The van der Waals surface area contributed by atoms with Crippen molar-refractivity contribution in [2.75, 3.05) is 0 Å². The van der Waals surface area contributed by atoms with Crippen LogP contribution in [0.3, 0.4) is 0 Å². The number of amides is 2. The third kappa shape index (κ3) is 4.68. The Kier molecular flexibility index (Phi) is 6.15. The van der Waals surface area contributed by atoms with Crippen molar-refractivity contribution < 1.29 is 9.59 Å². The van der Waals surface area contributed by atoms with E-state index < -0.39 is 6.04 Å². The predicted molar refractivity (Wildman–Crippen MR) is 98.8 cm³/mol. The number of benzene rings is 2. The fourth-order valence-electron chi connectivity index (χ4n) is 2.37. The maximum Gasteiger partial charge on any atom is 0.251 e. The van der Waals surface area contributed by atoms with Crippen molar-refractivity contribution in [1.29, 1.82) is 0 Å². The Labute approximate surface area is 150 Å². The minimum atomic E-state index is -0.622. The molecular formula is C19H21BrN2O2. The van der Waals surface area contributed by atoms with Gasteiger partial charge in [0.15, 0.2) is 0 Å². The summed E-state index contributed by atoms with van der Waals surface area (Å²) in [6.07, 6.45) is 0. The molecule has 0 heterocycles. The number of halogens is 1. The van der Waals surface area contributed by atoms with E-state index in [1.165, 1.54) is 0 Å². The largest absolute Gasteiger partial charge is 0.348 e. The molecule has 0 aliphatic carbocycles. The molecular weight excluding hydrogens is 368 g/mol. The molecule has 2 N–H and O–H groups in total. The van der Waals surface area contributed by atoms with Crippen LogP contribution >= 0.6 is 15.9 Å². The molecule has 2 amide bonds. The van der Waals surface area contributed by atoms with Crippen molar-refractivity contribution in [2.45, 2.75) is 32.9 Å². The van der Waals surface area contributed by atoms with Gasteiger partial charge in [-0.15, -0.1) is 0 Å². The van der Waals surface area contributed by atoms with Gasteiger partial charge in [0.05, 0.1) is 6.04 Å². The zero-order valence-corrected chi connectivity index (χ0v) is 15.6. The van der Waals surface area contributed by atoms with Crippen LogP contribution in [-0.2, 0) is 4.79 Å². The van der Waals surface area contributed by atoms with Crippen LogP contribution in [0.25, 0.3) is 0 Å². The minimum Gasteiger partial charge on any atom is -0.348 e. The summed E-state index contributed by atoms with van der Waals surface area (Å²) in [5.74, 6) is -0.478. The fourth-order valence-corrected chi connectivity index (χ4v) is 3.00. The second kappa shape index (κ2) is 8.11. The summed E-state index contributed by atoms with van der Waals surface area (Å²) >= 11 is 3.48. The minimum absolute atomic E-state index is 0.161. The van der Waals surface area contributed by atoms with Gasteiger partial charge in [0, 0.05) is 10.0 Å². The monoisotopic (exact) mass is 388 g/mol. The molecule has 5 heteroatoms. The summed E-state index contributed by atoms with van der Waals surface area (Å²) < 4.78 is 0.939. The summed E-state index contributed by atoms with van der Waals surface area (Å²) in [5, 5.41) is 5.65. The number of carbonyl (C=O) groups is 2. The van der Waals surface area contributed by atoms with E-state index in [0.29, 0.717) is 5.56 Å². The molecule has 24 heavy (non-hydrogen) atoms.